The smallest absolute Gasteiger partial charge is 0.345 e. The highest BCUT2D eigenvalue weighted by Crippen LogP contribution is 2.56. The van der Waals surface area contributed by atoms with Crippen molar-refractivity contribution in [2.45, 2.75) is 68.4 Å². The molecule has 0 aromatic rings. The number of halogens is 13. The van der Waals surface area contributed by atoms with E-state index in [9.17, 15) is 57.1 Å². The third-order valence-corrected chi connectivity index (χ3v) is 3.81. The van der Waals surface area contributed by atoms with Crippen LogP contribution in [0.4, 0.5) is 57.1 Å². The Labute approximate surface area is 159 Å². The van der Waals surface area contributed by atoms with Gasteiger partial charge in [-0.15, -0.1) is 0 Å². The van der Waals surface area contributed by atoms with Crippen LogP contribution in [-0.2, 0) is 18.9 Å². The van der Waals surface area contributed by atoms with Crippen molar-refractivity contribution in [1.82, 2.24) is 0 Å². The summed E-state index contributed by atoms with van der Waals surface area (Å²) in [6.45, 7) is -7.72. The van der Waals surface area contributed by atoms with Gasteiger partial charge in [0.25, 0.3) is 0 Å². The Hall–Kier alpha value is -1.07. The fourth-order valence-electron chi connectivity index (χ4n) is 2.64. The highest BCUT2D eigenvalue weighted by atomic mass is 19.4. The van der Waals surface area contributed by atoms with Crippen LogP contribution in [-0.4, -0.2) is 62.0 Å². The van der Waals surface area contributed by atoms with Gasteiger partial charge < -0.3 is 9.47 Å². The molecule has 4 unspecified atom stereocenters. The molecular weight excluding hydrogens is 467 g/mol. The second kappa shape index (κ2) is 8.46. The lowest BCUT2D eigenvalue weighted by molar-refractivity contribution is -0.498. The SMILES string of the molecule is CCOC1(C(F)(OC(F)(F)CF)C(F)(F)F)CCC(C(F)(OC(F)F)C(F)(F)F)O1. The lowest BCUT2D eigenvalue weighted by Gasteiger charge is -2.43. The van der Waals surface area contributed by atoms with Crippen LogP contribution >= 0.6 is 0 Å². The topological polar surface area (TPSA) is 36.9 Å². The zero-order valence-electron chi connectivity index (χ0n) is 14.5. The van der Waals surface area contributed by atoms with Crippen LogP contribution in [0.25, 0.3) is 0 Å². The van der Waals surface area contributed by atoms with Crippen molar-refractivity contribution in [2.75, 3.05) is 13.3 Å². The summed E-state index contributed by atoms with van der Waals surface area (Å²) < 4.78 is 185. The summed E-state index contributed by atoms with van der Waals surface area (Å²) in [6, 6.07) is 0. The van der Waals surface area contributed by atoms with E-state index in [4.69, 9.17) is 0 Å². The van der Waals surface area contributed by atoms with Gasteiger partial charge in [-0.05, 0) is 13.3 Å². The lowest BCUT2D eigenvalue weighted by Crippen LogP contribution is -2.66. The predicted molar refractivity (Wildman–Crippen MR) is 67.3 cm³/mol. The molecule has 0 aromatic heterocycles. The van der Waals surface area contributed by atoms with E-state index >= 15 is 0 Å². The van der Waals surface area contributed by atoms with E-state index < -0.39 is 74.8 Å². The van der Waals surface area contributed by atoms with Crippen LogP contribution in [0.3, 0.4) is 0 Å². The molecule has 0 aromatic carbocycles. The molecule has 180 valence electrons. The molecule has 0 aliphatic carbocycles. The van der Waals surface area contributed by atoms with E-state index in [1.807, 2.05) is 0 Å². The predicted octanol–water partition coefficient (Wildman–Crippen LogP) is 5.17. The maximum absolute atomic E-state index is 14.8. The standard InChI is InChI=1S/C13H13F13O4/c1-2-27-8(11(20,13(24,25)26)30-9(17,18)5-14)4-3-6(28-8)10(19,12(21,22)23)29-7(15)16/h6-7H,2-5H2,1H3. The fourth-order valence-corrected chi connectivity index (χ4v) is 2.64. The molecule has 1 aliphatic rings. The summed E-state index contributed by atoms with van der Waals surface area (Å²) in [7, 11) is 0. The first-order chi connectivity index (χ1) is 13.3. The van der Waals surface area contributed by atoms with Gasteiger partial charge in [0.15, 0.2) is 6.67 Å². The molecule has 1 fully saturated rings. The van der Waals surface area contributed by atoms with Crippen LogP contribution in [0.2, 0.25) is 0 Å². The number of hydrogen-bond acceptors (Lipinski definition) is 4. The Morgan fingerprint density at radius 1 is 0.967 bits per heavy atom. The van der Waals surface area contributed by atoms with E-state index in [2.05, 4.69) is 18.9 Å². The average molecular weight is 480 g/mol. The Kier molecular flexibility index (Phi) is 7.60. The highest BCUT2D eigenvalue weighted by molar-refractivity contribution is 5.03. The normalized spacial score (nSPS) is 27.9. The Balaban J connectivity index is 3.51. The van der Waals surface area contributed by atoms with Gasteiger partial charge in [0.1, 0.15) is 6.10 Å². The largest absolute Gasteiger partial charge is 0.454 e. The Bertz CT molecular complexity index is 582. The third-order valence-electron chi connectivity index (χ3n) is 3.81. The highest BCUT2D eigenvalue weighted by Gasteiger charge is 2.79. The van der Waals surface area contributed by atoms with Gasteiger partial charge in [0, 0.05) is 13.0 Å². The van der Waals surface area contributed by atoms with E-state index in [0.717, 1.165) is 6.92 Å². The summed E-state index contributed by atoms with van der Waals surface area (Å²) in [4.78, 5) is 0. The molecule has 1 aliphatic heterocycles. The second-order valence-corrected chi connectivity index (χ2v) is 5.82. The molecule has 0 saturated carbocycles. The van der Waals surface area contributed by atoms with Crippen LogP contribution in [0.1, 0.15) is 19.8 Å². The van der Waals surface area contributed by atoms with E-state index in [0.29, 0.717) is 0 Å². The summed E-state index contributed by atoms with van der Waals surface area (Å²) in [5, 5.41) is 0. The number of alkyl halides is 13. The van der Waals surface area contributed by atoms with Crippen molar-refractivity contribution in [1.29, 1.82) is 0 Å². The molecule has 17 heteroatoms. The summed E-state index contributed by atoms with van der Waals surface area (Å²) in [6.07, 6.45) is -25.2. The molecule has 0 bridgehead atoms. The van der Waals surface area contributed by atoms with Crippen molar-refractivity contribution >= 4 is 0 Å². The third kappa shape index (κ3) is 4.88. The van der Waals surface area contributed by atoms with E-state index in [1.54, 1.807) is 0 Å². The minimum absolute atomic E-state index is 0.810. The molecule has 1 heterocycles. The van der Waals surface area contributed by atoms with Gasteiger partial charge in [-0.1, -0.05) is 0 Å². The molecule has 4 nitrogen and oxygen atoms in total. The molecule has 0 spiro atoms. The molecular formula is C13H13F13O4. The minimum Gasteiger partial charge on any atom is -0.345 e. The first kappa shape index (κ1) is 27.0. The van der Waals surface area contributed by atoms with Crippen molar-refractivity contribution in [3.05, 3.63) is 0 Å². The van der Waals surface area contributed by atoms with E-state index in [-0.39, 0.29) is 0 Å². The van der Waals surface area contributed by atoms with Gasteiger partial charge in [0.2, 0.25) is 5.79 Å². The van der Waals surface area contributed by atoms with Gasteiger partial charge >= 0.3 is 36.8 Å². The van der Waals surface area contributed by atoms with Crippen molar-refractivity contribution in [3.63, 3.8) is 0 Å². The van der Waals surface area contributed by atoms with Crippen LogP contribution < -0.4 is 0 Å². The molecule has 30 heavy (non-hydrogen) atoms. The maximum Gasteiger partial charge on any atom is 0.454 e. The molecule has 1 rings (SSSR count). The van der Waals surface area contributed by atoms with E-state index in [1.165, 1.54) is 0 Å². The lowest BCUT2D eigenvalue weighted by atomic mass is 10.0. The van der Waals surface area contributed by atoms with Crippen LogP contribution in [0, 0.1) is 0 Å². The first-order valence-corrected chi connectivity index (χ1v) is 7.74. The van der Waals surface area contributed by atoms with Crippen molar-refractivity contribution < 1.29 is 76.0 Å². The van der Waals surface area contributed by atoms with Crippen molar-refractivity contribution in [2.24, 2.45) is 0 Å². The van der Waals surface area contributed by atoms with Gasteiger partial charge in [-0.25, -0.2) is 4.39 Å². The average Bonchev–Trinajstić information content (AvgIpc) is 2.98. The molecule has 0 radical (unpaired) electrons. The van der Waals surface area contributed by atoms with Crippen molar-refractivity contribution in [3.8, 4) is 0 Å². The summed E-state index contributed by atoms with van der Waals surface area (Å²) in [5.41, 5.74) is 0. The Morgan fingerprint density at radius 3 is 1.87 bits per heavy atom. The zero-order chi connectivity index (χ0) is 23.8. The van der Waals surface area contributed by atoms with Gasteiger partial charge in [-0.2, -0.15) is 52.7 Å². The van der Waals surface area contributed by atoms with Crippen LogP contribution in [0.15, 0.2) is 0 Å². The van der Waals surface area contributed by atoms with Gasteiger partial charge in [-0.3, -0.25) is 9.47 Å². The Morgan fingerprint density at radius 2 is 1.50 bits per heavy atom. The monoisotopic (exact) mass is 480 g/mol. The fraction of sp³-hybridized carbons (Fsp3) is 1.00. The zero-order valence-corrected chi connectivity index (χ0v) is 14.5. The summed E-state index contributed by atoms with van der Waals surface area (Å²) in [5.74, 6) is -15.6. The molecule has 0 amide bonds. The molecule has 0 N–H and O–H groups in total. The second-order valence-electron chi connectivity index (χ2n) is 5.82. The van der Waals surface area contributed by atoms with Gasteiger partial charge in [0.05, 0.1) is 0 Å². The quantitative estimate of drug-likeness (QED) is 0.427. The van der Waals surface area contributed by atoms with Crippen LogP contribution in [0.5, 0.6) is 0 Å². The number of ether oxygens (including phenoxy) is 4. The first-order valence-electron chi connectivity index (χ1n) is 7.74. The minimum atomic E-state index is -6.56. The summed E-state index contributed by atoms with van der Waals surface area (Å²) >= 11 is 0. The molecule has 4 atom stereocenters. The molecule has 1 saturated heterocycles. The maximum atomic E-state index is 14.8. The number of rotatable bonds is 9. The number of hydrogen-bond donors (Lipinski definition) is 0.